The van der Waals surface area contributed by atoms with Crippen molar-refractivity contribution in [1.29, 1.82) is 0 Å². The number of hydrogen-bond acceptors (Lipinski definition) is 4. The van der Waals surface area contributed by atoms with E-state index in [2.05, 4.69) is 9.80 Å². The zero-order valence-corrected chi connectivity index (χ0v) is 16.4. The van der Waals surface area contributed by atoms with Crippen LogP contribution in [-0.2, 0) is 12.8 Å². The Balaban J connectivity index is 1.35. The van der Waals surface area contributed by atoms with Gasteiger partial charge in [-0.25, -0.2) is 4.98 Å². The SMILES string of the molecule is NC(=O)c1cc2c(nc1N1CC[C@@]3(CCCN(CC4CCC4)C3)C1)CCC2. The first-order valence-corrected chi connectivity index (χ1v) is 10.9. The lowest BCUT2D eigenvalue weighted by Crippen LogP contribution is -2.47. The van der Waals surface area contributed by atoms with E-state index in [4.69, 9.17) is 10.7 Å². The van der Waals surface area contributed by atoms with E-state index >= 15 is 0 Å². The zero-order chi connectivity index (χ0) is 18.4. The van der Waals surface area contributed by atoms with Crippen LogP contribution in [0.1, 0.15) is 66.6 Å². The summed E-state index contributed by atoms with van der Waals surface area (Å²) in [4.78, 5) is 22.1. The molecule has 3 heterocycles. The number of amides is 1. The second-order valence-electron chi connectivity index (χ2n) is 9.49. The first-order chi connectivity index (χ1) is 13.1. The topological polar surface area (TPSA) is 62.5 Å². The minimum Gasteiger partial charge on any atom is -0.365 e. The summed E-state index contributed by atoms with van der Waals surface area (Å²) in [5, 5.41) is 0. The molecule has 1 saturated carbocycles. The van der Waals surface area contributed by atoms with Gasteiger partial charge < -0.3 is 15.5 Å². The quantitative estimate of drug-likeness (QED) is 0.888. The smallest absolute Gasteiger partial charge is 0.252 e. The van der Waals surface area contributed by atoms with Crippen molar-refractivity contribution in [2.24, 2.45) is 17.1 Å². The predicted octanol–water partition coefficient (Wildman–Crippen LogP) is 2.76. The summed E-state index contributed by atoms with van der Waals surface area (Å²) in [7, 11) is 0. The molecule has 2 saturated heterocycles. The van der Waals surface area contributed by atoms with E-state index < -0.39 is 0 Å². The van der Waals surface area contributed by atoms with Crippen LogP contribution in [0.2, 0.25) is 0 Å². The molecule has 2 aliphatic carbocycles. The summed E-state index contributed by atoms with van der Waals surface area (Å²) >= 11 is 0. The van der Waals surface area contributed by atoms with Crippen molar-refractivity contribution in [2.75, 3.05) is 37.6 Å². The number of pyridine rings is 1. The fraction of sp³-hybridized carbons (Fsp3) is 0.727. The van der Waals surface area contributed by atoms with Gasteiger partial charge in [-0.05, 0) is 75.5 Å². The van der Waals surface area contributed by atoms with Crippen molar-refractivity contribution in [3.8, 4) is 0 Å². The van der Waals surface area contributed by atoms with Gasteiger partial charge >= 0.3 is 0 Å². The van der Waals surface area contributed by atoms with E-state index in [9.17, 15) is 4.79 Å². The first-order valence-electron chi connectivity index (χ1n) is 10.9. The number of hydrogen-bond donors (Lipinski definition) is 1. The number of anilines is 1. The van der Waals surface area contributed by atoms with Crippen LogP contribution >= 0.6 is 0 Å². The van der Waals surface area contributed by atoms with Crippen LogP contribution in [-0.4, -0.2) is 48.5 Å². The predicted molar refractivity (Wildman–Crippen MR) is 107 cm³/mol. The van der Waals surface area contributed by atoms with Crippen LogP contribution in [0, 0.1) is 11.3 Å². The Bertz CT molecular complexity index is 744. The molecule has 1 atom stereocenters. The number of aryl methyl sites for hydroxylation is 2. The van der Waals surface area contributed by atoms with Crippen molar-refractivity contribution in [1.82, 2.24) is 9.88 Å². The molecular formula is C22H32N4O. The standard InChI is InChI=1S/C22H32N4O/c23-20(27)18-12-17-6-2-7-19(17)24-21(18)26-11-9-22(15-26)8-3-10-25(14-22)13-16-4-1-5-16/h12,16H,1-11,13-15H2,(H2,23,27)/t22-/m1/s1. The number of aromatic nitrogens is 1. The van der Waals surface area contributed by atoms with E-state index in [1.807, 2.05) is 6.07 Å². The number of likely N-dealkylation sites (tertiary alicyclic amines) is 1. The van der Waals surface area contributed by atoms with E-state index in [0.29, 0.717) is 11.0 Å². The maximum Gasteiger partial charge on any atom is 0.252 e. The third-order valence-corrected chi connectivity index (χ3v) is 7.52. The summed E-state index contributed by atoms with van der Waals surface area (Å²) in [5.41, 5.74) is 9.15. The minimum atomic E-state index is -0.330. The molecule has 3 fully saturated rings. The normalized spacial score (nSPS) is 28.5. The van der Waals surface area contributed by atoms with Crippen molar-refractivity contribution >= 4 is 11.7 Å². The van der Waals surface area contributed by atoms with Crippen LogP contribution in [0.4, 0.5) is 5.82 Å². The monoisotopic (exact) mass is 368 g/mol. The highest BCUT2D eigenvalue weighted by atomic mass is 16.1. The van der Waals surface area contributed by atoms with E-state index in [0.717, 1.165) is 44.1 Å². The van der Waals surface area contributed by atoms with Crippen LogP contribution in [0.5, 0.6) is 0 Å². The molecule has 146 valence electrons. The zero-order valence-electron chi connectivity index (χ0n) is 16.4. The number of piperidine rings is 1. The lowest BCUT2D eigenvalue weighted by molar-refractivity contribution is 0.0759. The average Bonchev–Trinajstić information content (AvgIpc) is 3.24. The lowest BCUT2D eigenvalue weighted by atomic mass is 9.78. The van der Waals surface area contributed by atoms with Crippen molar-refractivity contribution in [3.63, 3.8) is 0 Å². The molecule has 1 amide bonds. The molecule has 0 bridgehead atoms. The van der Waals surface area contributed by atoms with Crippen molar-refractivity contribution in [2.45, 2.75) is 57.8 Å². The molecule has 4 aliphatic rings. The van der Waals surface area contributed by atoms with Gasteiger partial charge in [0.05, 0.1) is 5.56 Å². The number of nitrogens with two attached hydrogens (primary N) is 1. The number of primary amides is 1. The van der Waals surface area contributed by atoms with Gasteiger partial charge in [0.1, 0.15) is 5.82 Å². The molecule has 1 spiro atoms. The maximum atomic E-state index is 12.1. The molecule has 5 heteroatoms. The molecule has 5 nitrogen and oxygen atoms in total. The van der Waals surface area contributed by atoms with Crippen LogP contribution in [0.3, 0.4) is 0 Å². The van der Waals surface area contributed by atoms with Gasteiger partial charge in [-0.1, -0.05) is 6.42 Å². The molecule has 0 aromatic carbocycles. The summed E-state index contributed by atoms with van der Waals surface area (Å²) in [6.45, 7) is 5.81. The van der Waals surface area contributed by atoms with E-state index in [1.54, 1.807) is 0 Å². The summed E-state index contributed by atoms with van der Waals surface area (Å²) in [6, 6.07) is 2.03. The lowest BCUT2D eigenvalue weighted by Gasteiger charge is -2.43. The van der Waals surface area contributed by atoms with Crippen molar-refractivity contribution in [3.05, 3.63) is 22.9 Å². The number of rotatable bonds is 4. The van der Waals surface area contributed by atoms with Gasteiger partial charge in [-0.3, -0.25) is 4.79 Å². The molecule has 27 heavy (non-hydrogen) atoms. The molecule has 1 aromatic rings. The van der Waals surface area contributed by atoms with Crippen LogP contribution < -0.4 is 10.6 Å². The van der Waals surface area contributed by atoms with E-state index in [1.165, 1.54) is 69.4 Å². The fourth-order valence-electron chi connectivity index (χ4n) is 5.84. The van der Waals surface area contributed by atoms with Gasteiger partial charge in [0.25, 0.3) is 5.91 Å². The molecule has 2 N–H and O–H groups in total. The largest absolute Gasteiger partial charge is 0.365 e. The summed E-state index contributed by atoms with van der Waals surface area (Å²) in [5.74, 6) is 1.47. The Labute approximate surface area is 162 Å². The highest BCUT2D eigenvalue weighted by Gasteiger charge is 2.43. The summed E-state index contributed by atoms with van der Waals surface area (Å²) < 4.78 is 0. The third kappa shape index (κ3) is 3.24. The van der Waals surface area contributed by atoms with E-state index in [-0.39, 0.29) is 5.91 Å². The molecule has 0 unspecified atom stereocenters. The van der Waals surface area contributed by atoms with Gasteiger partial charge in [0, 0.05) is 37.3 Å². The Hall–Kier alpha value is -1.62. The Morgan fingerprint density at radius 1 is 1.15 bits per heavy atom. The number of fused-ring (bicyclic) bond motifs is 1. The molecule has 0 radical (unpaired) electrons. The Kier molecular flexibility index (Phi) is 4.38. The van der Waals surface area contributed by atoms with Gasteiger partial charge in [0.15, 0.2) is 0 Å². The maximum absolute atomic E-state index is 12.1. The molecule has 5 rings (SSSR count). The second kappa shape index (κ2) is 6.77. The second-order valence-corrected chi connectivity index (χ2v) is 9.49. The van der Waals surface area contributed by atoms with Crippen LogP contribution in [0.25, 0.3) is 0 Å². The molecule has 2 aliphatic heterocycles. The Morgan fingerprint density at radius 3 is 2.81 bits per heavy atom. The van der Waals surface area contributed by atoms with Gasteiger partial charge in [0.2, 0.25) is 0 Å². The number of nitrogens with zero attached hydrogens (tertiary/aromatic N) is 3. The fourth-order valence-corrected chi connectivity index (χ4v) is 5.84. The van der Waals surface area contributed by atoms with Crippen LogP contribution in [0.15, 0.2) is 6.07 Å². The average molecular weight is 369 g/mol. The minimum absolute atomic E-state index is 0.330. The third-order valence-electron chi connectivity index (χ3n) is 7.52. The van der Waals surface area contributed by atoms with Gasteiger partial charge in [-0.2, -0.15) is 0 Å². The number of carbonyl (C=O) groups excluding carboxylic acids is 1. The van der Waals surface area contributed by atoms with Crippen molar-refractivity contribution < 1.29 is 4.79 Å². The molecule has 1 aromatic heterocycles. The molecular weight excluding hydrogens is 336 g/mol. The highest BCUT2D eigenvalue weighted by Crippen LogP contribution is 2.42. The first kappa shape index (κ1) is 17.5. The number of carbonyl (C=O) groups is 1. The Morgan fingerprint density at radius 2 is 2.04 bits per heavy atom. The van der Waals surface area contributed by atoms with Gasteiger partial charge in [-0.15, -0.1) is 0 Å². The highest BCUT2D eigenvalue weighted by molar-refractivity contribution is 5.98. The summed E-state index contributed by atoms with van der Waals surface area (Å²) in [6.07, 6.45) is 11.3.